The Kier molecular flexibility index (Phi) is 4.05. The van der Waals surface area contributed by atoms with Crippen molar-refractivity contribution in [1.82, 2.24) is 4.98 Å². The molecule has 3 rings (SSSR count). The first-order valence-corrected chi connectivity index (χ1v) is 7.34. The van der Waals surface area contributed by atoms with Crippen LogP contribution in [0, 0.1) is 0 Å². The molecule has 0 aliphatic carbocycles. The molecule has 3 nitrogen and oxygen atoms in total. The number of pyridine rings is 1. The van der Waals surface area contributed by atoms with Crippen LogP contribution in [-0.4, -0.2) is 18.1 Å². The van der Waals surface area contributed by atoms with Gasteiger partial charge in [0.05, 0.1) is 6.20 Å². The monoisotopic (exact) mass is 354 g/mol. The van der Waals surface area contributed by atoms with Crippen LogP contribution in [0.25, 0.3) is 0 Å². The number of hydrogen-bond acceptors (Lipinski definition) is 3. The van der Waals surface area contributed by atoms with Crippen LogP contribution in [0.1, 0.15) is 11.1 Å². The van der Waals surface area contributed by atoms with E-state index in [1.165, 1.54) is 23.4 Å². The number of fused-ring (bicyclic) bond motifs is 1. The highest BCUT2D eigenvalue weighted by Gasteiger charge is 2.17. The Labute approximate surface area is 129 Å². The number of nitrogens with zero attached hydrogens (tertiary/aromatic N) is 2. The van der Waals surface area contributed by atoms with Crippen molar-refractivity contribution >= 4 is 21.7 Å². The summed E-state index contributed by atoms with van der Waals surface area (Å²) in [5, 5.41) is 0. The average molecular weight is 355 g/mol. The Morgan fingerprint density at radius 1 is 1.19 bits per heavy atom. The van der Waals surface area contributed by atoms with Gasteiger partial charge in [-0.25, -0.2) is 4.98 Å². The topological polar surface area (TPSA) is 25.4 Å². The van der Waals surface area contributed by atoms with E-state index in [-0.39, 0.29) is 5.75 Å². The first-order valence-electron chi connectivity index (χ1n) is 6.55. The molecule has 0 radical (unpaired) electrons. The van der Waals surface area contributed by atoms with Crippen LogP contribution in [0.15, 0.2) is 41.0 Å². The summed E-state index contributed by atoms with van der Waals surface area (Å²) in [6.07, 6.45) is 2.27. The van der Waals surface area contributed by atoms with Crippen molar-refractivity contribution in [2.24, 2.45) is 0 Å². The first-order chi connectivity index (χ1) is 10.1. The third kappa shape index (κ3) is 3.32. The molecule has 1 aliphatic rings. The highest BCUT2D eigenvalue weighted by atomic mass is 79.9. The lowest BCUT2D eigenvalue weighted by Gasteiger charge is -2.30. The SMILES string of the molecule is FC(F)Oc1ccc(N2CCc3cc(Br)ccc3C2)nc1. The fourth-order valence-corrected chi connectivity index (χ4v) is 2.86. The minimum absolute atomic E-state index is 0.0788. The number of ether oxygens (including phenoxy) is 1. The van der Waals surface area contributed by atoms with Crippen molar-refractivity contribution in [3.8, 4) is 5.75 Å². The van der Waals surface area contributed by atoms with Crippen LogP contribution in [-0.2, 0) is 13.0 Å². The Hall–Kier alpha value is -1.69. The van der Waals surface area contributed by atoms with Gasteiger partial charge in [0, 0.05) is 17.6 Å². The summed E-state index contributed by atoms with van der Waals surface area (Å²) < 4.78 is 29.6. The Balaban J connectivity index is 1.75. The van der Waals surface area contributed by atoms with E-state index in [0.29, 0.717) is 0 Å². The van der Waals surface area contributed by atoms with Gasteiger partial charge in [-0.2, -0.15) is 8.78 Å². The molecule has 0 bridgehead atoms. The van der Waals surface area contributed by atoms with Gasteiger partial charge in [-0.05, 0) is 41.8 Å². The minimum atomic E-state index is -2.82. The predicted molar refractivity (Wildman–Crippen MR) is 79.8 cm³/mol. The Bertz CT molecular complexity index is 634. The number of alkyl halides is 2. The molecule has 0 saturated carbocycles. The van der Waals surface area contributed by atoms with Gasteiger partial charge < -0.3 is 9.64 Å². The number of anilines is 1. The van der Waals surface area contributed by atoms with Crippen LogP contribution in [0.3, 0.4) is 0 Å². The van der Waals surface area contributed by atoms with E-state index in [9.17, 15) is 8.78 Å². The maximum absolute atomic E-state index is 12.1. The van der Waals surface area contributed by atoms with E-state index in [0.717, 1.165) is 29.8 Å². The number of aromatic nitrogens is 1. The van der Waals surface area contributed by atoms with Gasteiger partial charge in [-0.3, -0.25) is 0 Å². The number of rotatable bonds is 3. The third-order valence-corrected chi connectivity index (χ3v) is 3.94. The molecule has 0 unspecified atom stereocenters. The summed E-state index contributed by atoms with van der Waals surface area (Å²) in [6.45, 7) is -1.20. The zero-order valence-electron chi connectivity index (χ0n) is 11.1. The van der Waals surface area contributed by atoms with Gasteiger partial charge in [-0.15, -0.1) is 0 Å². The number of benzene rings is 1. The number of hydrogen-bond donors (Lipinski definition) is 0. The second-order valence-corrected chi connectivity index (χ2v) is 5.73. The predicted octanol–water partition coefficient (Wildman–Crippen LogP) is 4.01. The van der Waals surface area contributed by atoms with Gasteiger partial charge in [0.1, 0.15) is 11.6 Å². The van der Waals surface area contributed by atoms with Gasteiger partial charge in [-0.1, -0.05) is 22.0 Å². The third-order valence-electron chi connectivity index (χ3n) is 3.45. The molecule has 2 heterocycles. The lowest BCUT2D eigenvalue weighted by atomic mass is 10.00. The summed E-state index contributed by atoms with van der Waals surface area (Å²) in [6, 6.07) is 9.49. The maximum Gasteiger partial charge on any atom is 0.387 e. The normalized spacial score (nSPS) is 14.2. The van der Waals surface area contributed by atoms with E-state index >= 15 is 0 Å². The molecule has 1 aromatic heterocycles. The molecule has 0 amide bonds. The lowest BCUT2D eigenvalue weighted by molar-refractivity contribution is -0.0500. The molecule has 1 aliphatic heterocycles. The van der Waals surface area contributed by atoms with Gasteiger partial charge in [0.2, 0.25) is 0 Å². The van der Waals surface area contributed by atoms with Crippen molar-refractivity contribution in [2.75, 3.05) is 11.4 Å². The second-order valence-electron chi connectivity index (χ2n) is 4.82. The molecule has 21 heavy (non-hydrogen) atoms. The largest absolute Gasteiger partial charge is 0.433 e. The summed E-state index contributed by atoms with van der Waals surface area (Å²) in [5.41, 5.74) is 2.59. The highest BCUT2D eigenvalue weighted by molar-refractivity contribution is 9.10. The van der Waals surface area contributed by atoms with Crippen LogP contribution in [0.4, 0.5) is 14.6 Å². The molecular formula is C15H13BrF2N2O. The van der Waals surface area contributed by atoms with Crippen molar-refractivity contribution in [3.05, 3.63) is 52.1 Å². The van der Waals surface area contributed by atoms with E-state index in [4.69, 9.17) is 0 Å². The average Bonchev–Trinajstić information content (AvgIpc) is 2.47. The van der Waals surface area contributed by atoms with Crippen LogP contribution >= 0.6 is 15.9 Å². The lowest BCUT2D eigenvalue weighted by Crippen LogP contribution is -2.30. The Morgan fingerprint density at radius 3 is 2.76 bits per heavy atom. The van der Waals surface area contributed by atoms with Gasteiger partial charge in [0.25, 0.3) is 0 Å². The molecule has 0 fully saturated rings. The smallest absolute Gasteiger partial charge is 0.387 e. The molecule has 1 aromatic carbocycles. The molecule has 0 N–H and O–H groups in total. The van der Waals surface area contributed by atoms with Crippen molar-refractivity contribution < 1.29 is 13.5 Å². The summed E-state index contributed by atoms with van der Waals surface area (Å²) in [4.78, 5) is 6.33. The summed E-state index contributed by atoms with van der Waals surface area (Å²) >= 11 is 3.48. The zero-order chi connectivity index (χ0) is 14.8. The van der Waals surface area contributed by atoms with Crippen LogP contribution in [0.5, 0.6) is 5.75 Å². The fourth-order valence-electron chi connectivity index (χ4n) is 2.45. The van der Waals surface area contributed by atoms with E-state index in [1.807, 2.05) is 6.07 Å². The van der Waals surface area contributed by atoms with Gasteiger partial charge >= 0.3 is 6.61 Å². The quantitative estimate of drug-likeness (QED) is 0.832. The zero-order valence-corrected chi connectivity index (χ0v) is 12.7. The first kappa shape index (κ1) is 14.3. The molecule has 0 atom stereocenters. The maximum atomic E-state index is 12.1. The molecule has 0 saturated heterocycles. The van der Waals surface area contributed by atoms with E-state index in [1.54, 1.807) is 6.07 Å². The van der Waals surface area contributed by atoms with E-state index in [2.05, 4.69) is 42.7 Å². The van der Waals surface area contributed by atoms with Crippen LogP contribution in [0.2, 0.25) is 0 Å². The van der Waals surface area contributed by atoms with Crippen molar-refractivity contribution in [2.45, 2.75) is 19.6 Å². The minimum Gasteiger partial charge on any atom is -0.433 e. The molecule has 2 aromatic rings. The summed E-state index contributed by atoms with van der Waals surface area (Å²) in [7, 11) is 0. The second kappa shape index (κ2) is 5.97. The molecule has 110 valence electrons. The summed E-state index contributed by atoms with van der Waals surface area (Å²) in [5.74, 6) is 0.847. The van der Waals surface area contributed by atoms with Crippen molar-refractivity contribution in [1.29, 1.82) is 0 Å². The van der Waals surface area contributed by atoms with Gasteiger partial charge in [0.15, 0.2) is 0 Å². The highest BCUT2D eigenvalue weighted by Crippen LogP contribution is 2.26. The molecular weight excluding hydrogens is 342 g/mol. The number of halogens is 3. The molecule has 6 heteroatoms. The fraction of sp³-hybridized carbons (Fsp3) is 0.267. The van der Waals surface area contributed by atoms with Crippen molar-refractivity contribution in [3.63, 3.8) is 0 Å². The standard InChI is InChI=1S/C15H13BrF2N2O/c16-12-2-1-11-9-20(6-5-10(11)7-12)14-4-3-13(8-19-14)21-15(17)18/h1-4,7-8,15H,5-6,9H2. The Morgan fingerprint density at radius 2 is 2.05 bits per heavy atom. The van der Waals surface area contributed by atoms with E-state index < -0.39 is 6.61 Å². The van der Waals surface area contributed by atoms with Crippen LogP contribution < -0.4 is 9.64 Å². The molecule has 0 spiro atoms.